The number of quaternary nitrogens is 1. The van der Waals surface area contributed by atoms with Crippen molar-refractivity contribution >= 4 is 17.1 Å². The number of carbonyl (C=O) groups is 1. The highest BCUT2D eigenvalue weighted by atomic mass is 32.1. The van der Waals surface area contributed by atoms with Crippen molar-refractivity contribution in [2.75, 3.05) is 27.5 Å². The van der Waals surface area contributed by atoms with E-state index in [0.29, 0.717) is 12.2 Å². The van der Waals surface area contributed by atoms with E-state index in [0.717, 1.165) is 34.9 Å². The Balaban J connectivity index is 1.75. The first-order chi connectivity index (χ1) is 11.7. The molecule has 1 aromatic carbocycles. The molecule has 24 heavy (non-hydrogen) atoms. The third-order valence-corrected chi connectivity index (χ3v) is 5.78. The van der Waals surface area contributed by atoms with Crippen LogP contribution in [0.1, 0.15) is 33.3 Å². The van der Waals surface area contributed by atoms with Crippen molar-refractivity contribution in [3.63, 3.8) is 0 Å². The molecule has 3 heterocycles. The number of ketones is 1. The Morgan fingerprint density at radius 1 is 1.46 bits per heavy atom. The highest BCUT2D eigenvalue weighted by molar-refractivity contribution is 7.12. The van der Waals surface area contributed by atoms with Crippen LogP contribution >= 0.6 is 11.3 Å². The average Bonchev–Trinajstić information content (AvgIpc) is 3.26. The van der Waals surface area contributed by atoms with Gasteiger partial charge in [-0.15, -0.1) is 11.3 Å². The van der Waals surface area contributed by atoms with E-state index >= 15 is 0 Å². The number of benzene rings is 1. The second-order valence-electron chi connectivity index (χ2n) is 6.22. The van der Waals surface area contributed by atoms with E-state index in [1.807, 2.05) is 17.5 Å². The van der Waals surface area contributed by atoms with E-state index in [1.165, 1.54) is 21.8 Å². The zero-order chi connectivity index (χ0) is 16.7. The van der Waals surface area contributed by atoms with Gasteiger partial charge in [0.1, 0.15) is 6.04 Å². The van der Waals surface area contributed by atoms with Gasteiger partial charge in [-0.1, -0.05) is 6.07 Å². The van der Waals surface area contributed by atoms with Crippen molar-refractivity contribution in [3.8, 4) is 17.2 Å². The zero-order valence-electron chi connectivity index (χ0n) is 13.8. The molecule has 2 atom stereocenters. The van der Waals surface area contributed by atoms with Gasteiger partial charge < -0.3 is 19.1 Å². The molecule has 2 aliphatic rings. The summed E-state index contributed by atoms with van der Waals surface area (Å²) in [6, 6.07) is 5.92. The number of Topliss-reactive ketones (excluding diaryl/α,β-unsaturated/α-hetero) is 1. The maximum absolute atomic E-state index is 12.7. The minimum absolute atomic E-state index is 0.0628. The SMILES string of the molecule is COc1c2c(cc3c1[C@H](CC(=O)c1cccs1)[NH+](C)CC3)OCO2. The molecule has 4 rings (SSSR count). The molecule has 1 N–H and O–H groups in total. The van der Waals surface area contributed by atoms with Crippen LogP contribution in [0.4, 0.5) is 0 Å². The Morgan fingerprint density at radius 2 is 2.33 bits per heavy atom. The van der Waals surface area contributed by atoms with Crippen LogP contribution in [-0.2, 0) is 6.42 Å². The van der Waals surface area contributed by atoms with E-state index in [-0.39, 0.29) is 18.6 Å². The lowest BCUT2D eigenvalue weighted by Gasteiger charge is -2.32. The summed E-state index contributed by atoms with van der Waals surface area (Å²) in [4.78, 5) is 14.8. The van der Waals surface area contributed by atoms with E-state index in [2.05, 4.69) is 13.1 Å². The molecule has 0 bridgehead atoms. The summed E-state index contributed by atoms with van der Waals surface area (Å²) < 4.78 is 16.8. The van der Waals surface area contributed by atoms with Gasteiger partial charge in [0, 0.05) is 6.42 Å². The lowest BCUT2D eigenvalue weighted by Crippen LogP contribution is -3.10. The number of rotatable bonds is 4. The van der Waals surface area contributed by atoms with E-state index in [4.69, 9.17) is 14.2 Å². The molecular formula is C18H20NO4S+. The second-order valence-corrected chi connectivity index (χ2v) is 7.17. The Bertz CT molecular complexity index is 772. The van der Waals surface area contributed by atoms with Crippen LogP contribution in [0.3, 0.4) is 0 Å². The van der Waals surface area contributed by atoms with Gasteiger partial charge in [-0.2, -0.15) is 0 Å². The quantitative estimate of drug-likeness (QED) is 0.859. The standard InChI is InChI=1S/C18H19NO4S/c1-19-6-5-11-8-14-17(23-10-22-14)18(21-2)16(11)12(19)9-13(20)15-4-3-7-24-15/h3-4,7-8,12H,5-6,9-10H2,1-2H3/p+1/t12-/m0/s1. The van der Waals surface area contributed by atoms with Crippen LogP contribution in [0.2, 0.25) is 0 Å². The predicted molar refractivity (Wildman–Crippen MR) is 90.6 cm³/mol. The summed E-state index contributed by atoms with van der Waals surface area (Å²) in [6.07, 6.45) is 1.41. The summed E-state index contributed by atoms with van der Waals surface area (Å²) in [6.45, 7) is 1.20. The molecule has 126 valence electrons. The minimum Gasteiger partial charge on any atom is -0.492 e. The van der Waals surface area contributed by atoms with Gasteiger partial charge in [0.2, 0.25) is 12.5 Å². The third kappa shape index (κ3) is 2.46. The highest BCUT2D eigenvalue weighted by Gasteiger charge is 2.37. The van der Waals surface area contributed by atoms with Crippen molar-refractivity contribution in [3.05, 3.63) is 39.6 Å². The van der Waals surface area contributed by atoms with Gasteiger partial charge in [0.05, 0.1) is 37.6 Å². The average molecular weight is 346 g/mol. The van der Waals surface area contributed by atoms with Crippen molar-refractivity contribution in [1.29, 1.82) is 0 Å². The number of fused-ring (bicyclic) bond motifs is 2. The molecular weight excluding hydrogens is 326 g/mol. The van der Waals surface area contributed by atoms with Crippen LogP contribution in [0.25, 0.3) is 0 Å². The van der Waals surface area contributed by atoms with Gasteiger partial charge in [-0.3, -0.25) is 4.79 Å². The number of carbonyl (C=O) groups excluding carboxylic acids is 1. The Hall–Kier alpha value is -2.05. The van der Waals surface area contributed by atoms with Crippen LogP contribution in [0.5, 0.6) is 17.2 Å². The monoisotopic (exact) mass is 346 g/mol. The van der Waals surface area contributed by atoms with Crippen LogP contribution in [-0.4, -0.2) is 33.3 Å². The lowest BCUT2D eigenvalue weighted by atomic mass is 9.88. The van der Waals surface area contributed by atoms with E-state index in [9.17, 15) is 4.79 Å². The Labute approximate surface area is 144 Å². The largest absolute Gasteiger partial charge is 0.492 e. The predicted octanol–water partition coefficient (Wildman–Crippen LogP) is 1.87. The molecule has 0 saturated heterocycles. The number of ether oxygens (including phenoxy) is 3. The maximum Gasteiger partial charge on any atom is 0.231 e. The van der Waals surface area contributed by atoms with Gasteiger partial charge in [-0.05, 0) is 23.1 Å². The molecule has 1 aromatic heterocycles. The molecule has 6 heteroatoms. The lowest BCUT2D eigenvalue weighted by molar-refractivity contribution is -0.913. The number of hydrogen-bond acceptors (Lipinski definition) is 5. The summed E-state index contributed by atoms with van der Waals surface area (Å²) in [5.74, 6) is 2.32. The number of hydrogen-bond donors (Lipinski definition) is 1. The summed E-state index contributed by atoms with van der Waals surface area (Å²) in [7, 11) is 3.79. The third-order valence-electron chi connectivity index (χ3n) is 4.87. The molecule has 0 radical (unpaired) electrons. The molecule has 0 amide bonds. The van der Waals surface area contributed by atoms with Crippen molar-refractivity contribution in [1.82, 2.24) is 0 Å². The second kappa shape index (κ2) is 6.11. The van der Waals surface area contributed by atoms with Crippen molar-refractivity contribution in [2.45, 2.75) is 18.9 Å². The van der Waals surface area contributed by atoms with Crippen molar-refractivity contribution in [2.24, 2.45) is 0 Å². The topological polar surface area (TPSA) is 49.2 Å². The van der Waals surface area contributed by atoms with Crippen LogP contribution in [0, 0.1) is 0 Å². The molecule has 5 nitrogen and oxygen atoms in total. The van der Waals surface area contributed by atoms with E-state index < -0.39 is 0 Å². The Morgan fingerprint density at radius 3 is 3.08 bits per heavy atom. The van der Waals surface area contributed by atoms with Gasteiger partial charge >= 0.3 is 0 Å². The van der Waals surface area contributed by atoms with Gasteiger partial charge in [0.25, 0.3) is 0 Å². The van der Waals surface area contributed by atoms with Gasteiger partial charge in [-0.25, -0.2) is 0 Å². The summed E-state index contributed by atoms with van der Waals surface area (Å²) >= 11 is 1.50. The number of thiophene rings is 1. The summed E-state index contributed by atoms with van der Waals surface area (Å²) in [5.41, 5.74) is 2.29. The number of likely N-dealkylation sites (N-methyl/N-ethyl adjacent to an activating group) is 1. The normalized spacial score (nSPS) is 21.4. The summed E-state index contributed by atoms with van der Waals surface area (Å²) in [5, 5.41) is 1.94. The fraction of sp³-hybridized carbons (Fsp3) is 0.389. The molecule has 0 fully saturated rings. The van der Waals surface area contributed by atoms with Crippen molar-refractivity contribution < 1.29 is 23.9 Å². The fourth-order valence-electron chi connectivity index (χ4n) is 3.62. The minimum atomic E-state index is 0.0628. The first-order valence-corrected chi connectivity index (χ1v) is 8.95. The first kappa shape index (κ1) is 15.5. The fourth-order valence-corrected chi connectivity index (χ4v) is 4.30. The maximum atomic E-state index is 12.7. The van der Waals surface area contributed by atoms with Gasteiger partial charge in [0.15, 0.2) is 17.3 Å². The smallest absolute Gasteiger partial charge is 0.231 e. The Kier molecular flexibility index (Phi) is 3.94. The zero-order valence-corrected chi connectivity index (χ0v) is 14.6. The highest BCUT2D eigenvalue weighted by Crippen LogP contribution is 2.47. The molecule has 0 saturated carbocycles. The molecule has 1 unspecified atom stereocenters. The molecule has 2 aliphatic heterocycles. The number of nitrogens with one attached hydrogen (secondary N) is 1. The first-order valence-electron chi connectivity index (χ1n) is 8.07. The van der Waals surface area contributed by atoms with Crippen LogP contribution in [0.15, 0.2) is 23.6 Å². The molecule has 0 spiro atoms. The number of methoxy groups -OCH3 is 1. The molecule has 0 aliphatic carbocycles. The van der Waals surface area contributed by atoms with Crippen LogP contribution < -0.4 is 19.1 Å². The molecule has 2 aromatic rings. The van der Waals surface area contributed by atoms with E-state index in [1.54, 1.807) is 7.11 Å².